The molecule has 3 nitrogen and oxygen atoms in total. The minimum atomic E-state index is 0.636. The second kappa shape index (κ2) is 3.12. The van der Waals surface area contributed by atoms with Crippen LogP contribution < -0.4 is 5.32 Å². The SMILES string of the molecule is Cc1nn(C)cc1NC1CC2CC=CC21. The Morgan fingerprint density at radius 1 is 1.53 bits per heavy atom. The van der Waals surface area contributed by atoms with Crippen molar-refractivity contribution in [1.29, 1.82) is 0 Å². The highest BCUT2D eigenvalue weighted by Crippen LogP contribution is 2.44. The molecule has 1 aromatic rings. The van der Waals surface area contributed by atoms with Crippen molar-refractivity contribution in [2.45, 2.75) is 25.8 Å². The predicted octanol–water partition coefficient (Wildman–Crippen LogP) is 2.11. The smallest absolute Gasteiger partial charge is 0.0825 e. The van der Waals surface area contributed by atoms with Gasteiger partial charge in [0.25, 0.3) is 0 Å². The molecule has 3 rings (SSSR count). The predicted molar refractivity (Wildman–Crippen MR) is 60.7 cm³/mol. The van der Waals surface area contributed by atoms with E-state index in [9.17, 15) is 0 Å². The van der Waals surface area contributed by atoms with E-state index in [-0.39, 0.29) is 0 Å². The first-order valence-electron chi connectivity index (χ1n) is 5.67. The Hall–Kier alpha value is -1.25. The van der Waals surface area contributed by atoms with Gasteiger partial charge in [-0.1, -0.05) is 12.2 Å². The molecule has 0 spiro atoms. The van der Waals surface area contributed by atoms with Crippen LogP contribution in [0.3, 0.4) is 0 Å². The second-order valence-electron chi connectivity index (χ2n) is 4.79. The van der Waals surface area contributed by atoms with Crippen LogP contribution in [0.2, 0.25) is 0 Å². The topological polar surface area (TPSA) is 29.9 Å². The summed E-state index contributed by atoms with van der Waals surface area (Å²) in [6.45, 7) is 2.06. The Morgan fingerprint density at radius 3 is 3.07 bits per heavy atom. The molecule has 3 unspecified atom stereocenters. The average Bonchev–Trinajstić information content (AvgIpc) is 2.66. The fourth-order valence-corrected chi connectivity index (χ4v) is 2.82. The van der Waals surface area contributed by atoms with Gasteiger partial charge in [-0.25, -0.2) is 0 Å². The molecular weight excluding hydrogens is 186 g/mol. The third-order valence-corrected chi connectivity index (χ3v) is 3.72. The van der Waals surface area contributed by atoms with Gasteiger partial charge >= 0.3 is 0 Å². The summed E-state index contributed by atoms with van der Waals surface area (Å²) in [7, 11) is 1.97. The first kappa shape index (κ1) is 9.01. The van der Waals surface area contributed by atoms with E-state index in [1.165, 1.54) is 18.5 Å². The number of anilines is 1. The first-order chi connectivity index (χ1) is 7.24. The Bertz CT molecular complexity index is 405. The molecule has 2 aliphatic rings. The van der Waals surface area contributed by atoms with Crippen LogP contribution in [0.15, 0.2) is 18.3 Å². The van der Waals surface area contributed by atoms with Gasteiger partial charge in [-0.3, -0.25) is 4.68 Å². The third kappa shape index (κ3) is 1.37. The number of nitrogens with zero attached hydrogens (tertiary/aromatic N) is 2. The zero-order valence-corrected chi connectivity index (χ0v) is 9.27. The van der Waals surface area contributed by atoms with Gasteiger partial charge in [0.15, 0.2) is 0 Å². The fraction of sp³-hybridized carbons (Fsp3) is 0.583. The molecule has 0 aliphatic heterocycles. The molecule has 1 saturated carbocycles. The van der Waals surface area contributed by atoms with E-state index in [1.807, 2.05) is 11.7 Å². The number of aryl methyl sites for hydroxylation is 2. The van der Waals surface area contributed by atoms with E-state index < -0.39 is 0 Å². The summed E-state index contributed by atoms with van der Waals surface area (Å²) in [5.41, 5.74) is 2.30. The minimum absolute atomic E-state index is 0.636. The van der Waals surface area contributed by atoms with Gasteiger partial charge in [0, 0.05) is 25.2 Å². The lowest BCUT2D eigenvalue weighted by atomic mass is 9.71. The summed E-state index contributed by atoms with van der Waals surface area (Å²) < 4.78 is 1.87. The molecule has 1 aromatic heterocycles. The highest BCUT2D eigenvalue weighted by molar-refractivity contribution is 5.47. The van der Waals surface area contributed by atoms with Crippen molar-refractivity contribution in [3.8, 4) is 0 Å². The average molecular weight is 203 g/mol. The number of hydrogen-bond donors (Lipinski definition) is 1. The van der Waals surface area contributed by atoms with E-state index in [4.69, 9.17) is 0 Å². The Balaban J connectivity index is 1.71. The Labute approximate surface area is 90.2 Å². The number of nitrogens with one attached hydrogen (secondary N) is 1. The number of hydrogen-bond acceptors (Lipinski definition) is 2. The van der Waals surface area contributed by atoms with Gasteiger partial charge in [-0.05, 0) is 25.7 Å². The molecule has 1 N–H and O–H groups in total. The molecule has 0 aromatic carbocycles. The molecule has 2 aliphatic carbocycles. The molecule has 15 heavy (non-hydrogen) atoms. The molecule has 1 fully saturated rings. The summed E-state index contributed by atoms with van der Waals surface area (Å²) in [5.74, 6) is 1.68. The zero-order chi connectivity index (χ0) is 10.4. The van der Waals surface area contributed by atoms with E-state index in [0.29, 0.717) is 6.04 Å². The summed E-state index contributed by atoms with van der Waals surface area (Å²) in [6.07, 6.45) is 9.37. The maximum absolute atomic E-state index is 4.34. The number of rotatable bonds is 2. The number of fused-ring (bicyclic) bond motifs is 1. The lowest BCUT2D eigenvalue weighted by Gasteiger charge is -2.41. The van der Waals surface area contributed by atoms with Crippen molar-refractivity contribution in [3.63, 3.8) is 0 Å². The fourth-order valence-electron chi connectivity index (χ4n) is 2.82. The maximum Gasteiger partial charge on any atom is 0.0825 e. The highest BCUT2D eigenvalue weighted by atomic mass is 15.3. The lowest BCUT2D eigenvalue weighted by molar-refractivity contribution is 0.218. The maximum atomic E-state index is 4.34. The Morgan fingerprint density at radius 2 is 2.40 bits per heavy atom. The molecule has 3 atom stereocenters. The van der Waals surface area contributed by atoms with Crippen LogP contribution in [0.4, 0.5) is 5.69 Å². The molecule has 80 valence electrons. The summed E-state index contributed by atoms with van der Waals surface area (Å²) in [4.78, 5) is 0. The Kier molecular flexibility index (Phi) is 1.87. The second-order valence-corrected chi connectivity index (χ2v) is 4.79. The zero-order valence-electron chi connectivity index (χ0n) is 9.27. The molecule has 0 saturated heterocycles. The lowest BCUT2D eigenvalue weighted by Crippen LogP contribution is -2.43. The largest absolute Gasteiger partial charge is 0.379 e. The van der Waals surface area contributed by atoms with Crippen LogP contribution in [0.25, 0.3) is 0 Å². The van der Waals surface area contributed by atoms with Crippen molar-refractivity contribution < 1.29 is 0 Å². The van der Waals surface area contributed by atoms with Gasteiger partial charge in [-0.2, -0.15) is 5.10 Å². The van der Waals surface area contributed by atoms with E-state index in [2.05, 4.69) is 35.7 Å². The van der Waals surface area contributed by atoms with Crippen LogP contribution in [-0.2, 0) is 7.05 Å². The van der Waals surface area contributed by atoms with Crippen molar-refractivity contribution in [3.05, 3.63) is 24.0 Å². The minimum Gasteiger partial charge on any atom is -0.379 e. The van der Waals surface area contributed by atoms with Crippen molar-refractivity contribution in [2.75, 3.05) is 5.32 Å². The summed E-state index contributed by atoms with van der Waals surface area (Å²) >= 11 is 0. The van der Waals surface area contributed by atoms with Crippen LogP contribution in [0, 0.1) is 18.8 Å². The molecular formula is C12H17N3. The van der Waals surface area contributed by atoms with Crippen molar-refractivity contribution in [2.24, 2.45) is 18.9 Å². The monoisotopic (exact) mass is 203 g/mol. The third-order valence-electron chi connectivity index (χ3n) is 3.72. The van der Waals surface area contributed by atoms with Crippen LogP contribution >= 0.6 is 0 Å². The van der Waals surface area contributed by atoms with Crippen LogP contribution in [0.5, 0.6) is 0 Å². The van der Waals surface area contributed by atoms with Crippen molar-refractivity contribution in [1.82, 2.24) is 9.78 Å². The number of aromatic nitrogens is 2. The number of allylic oxidation sites excluding steroid dienone is 1. The van der Waals surface area contributed by atoms with Gasteiger partial charge in [-0.15, -0.1) is 0 Å². The van der Waals surface area contributed by atoms with Crippen LogP contribution in [-0.4, -0.2) is 15.8 Å². The first-order valence-corrected chi connectivity index (χ1v) is 5.67. The quantitative estimate of drug-likeness (QED) is 0.746. The van der Waals surface area contributed by atoms with Gasteiger partial charge in [0.2, 0.25) is 0 Å². The van der Waals surface area contributed by atoms with E-state index in [1.54, 1.807) is 0 Å². The molecule has 1 heterocycles. The standard InChI is InChI=1S/C12H17N3/c1-8-12(7-15(2)14-8)13-11-6-9-4-3-5-10(9)11/h3,5,7,9-11,13H,4,6H2,1-2H3. The summed E-state index contributed by atoms with van der Waals surface area (Å²) in [5, 5.41) is 7.95. The molecule has 0 bridgehead atoms. The van der Waals surface area contributed by atoms with E-state index in [0.717, 1.165) is 17.5 Å². The van der Waals surface area contributed by atoms with Gasteiger partial charge in [0.05, 0.1) is 11.4 Å². The molecule has 0 amide bonds. The van der Waals surface area contributed by atoms with Crippen LogP contribution in [0.1, 0.15) is 18.5 Å². The van der Waals surface area contributed by atoms with E-state index >= 15 is 0 Å². The summed E-state index contributed by atoms with van der Waals surface area (Å²) in [6, 6.07) is 0.636. The normalized spacial score (nSPS) is 32.5. The molecule has 3 heteroatoms. The van der Waals surface area contributed by atoms with Gasteiger partial charge in [0.1, 0.15) is 0 Å². The highest BCUT2D eigenvalue weighted by Gasteiger charge is 2.41. The van der Waals surface area contributed by atoms with Gasteiger partial charge < -0.3 is 5.32 Å². The molecule has 0 radical (unpaired) electrons. The van der Waals surface area contributed by atoms with Crippen molar-refractivity contribution >= 4 is 5.69 Å².